The van der Waals surface area contributed by atoms with Gasteiger partial charge in [0.15, 0.2) is 0 Å². The maximum Gasteiger partial charge on any atom is 0.322 e. The Hall–Kier alpha value is -1.89. The highest BCUT2D eigenvalue weighted by Gasteiger charge is 2.18. The molecule has 0 aromatic carbocycles. The van der Waals surface area contributed by atoms with Gasteiger partial charge in [0, 0.05) is 19.2 Å². The van der Waals surface area contributed by atoms with E-state index in [1.807, 2.05) is 0 Å². The van der Waals surface area contributed by atoms with E-state index in [9.17, 15) is 4.79 Å². The molecular weight excluding hydrogens is 246 g/mol. The highest BCUT2D eigenvalue weighted by atomic mass is 16.4. The molecule has 2 rings (SSSR count). The standard InChI is InChI=1S/C12H19N5O2/c1-17-3-2-9(7-17)5-13-10-4-11(16-8-15-10)14-6-12(18)19/h4,8-9H,2-3,5-7H2,1H3,(H,18,19)(H2,13,14,15,16). The highest BCUT2D eigenvalue weighted by Crippen LogP contribution is 2.15. The van der Waals surface area contributed by atoms with Gasteiger partial charge in [-0.3, -0.25) is 4.79 Å². The van der Waals surface area contributed by atoms with E-state index < -0.39 is 5.97 Å². The Morgan fingerprint density at radius 2 is 2.21 bits per heavy atom. The number of hydrogen-bond acceptors (Lipinski definition) is 6. The first-order chi connectivity index (χ1) is 9.13. The number of nitrogens with one attached hydrogen (secondary N) is 2. The van der Waals surface area contributed by atoms with Crippen LogP contribution in [0.3, 0.4) is 0 Å². The van der Waals surface area contributed by atoms with Crippen molar-refractivity contribution in [3.05, 3.63) is 12.4 Å². The number of likely N-dealkylation sites (tertiary alicyclic amines) is 1. The van der Waals surface area contributed by atoms with Crippen LogP contribution in [0.15, 0.2) is 12.4 Å². The molecular formula is C12H19N5O2. The molecule has 1 fully saturated rings. The normalized spacial score (nSPS) is 19.3. The summed E-state index contributed by atoms with van der Waals surface area (Å²) in [6, 6.07) is 1.72. The molecule has 1 saturated heterocycles. The maximum absolute atomic E-state index is 10.5. The minimum Gasteiger partial charge on any atom is -0.480 e. The first kappa shape index (κ1) is 13.5. The van der Waals surface area contributed by atoms with E-state index in [1.165, 1.54) is 12.7 Å². The van der Waals surface area contributed by atoms with Crippen molar-refractivity contribution in [2.45, 2.75) is 6.42 Å². The van der Waals surface area contributed by atoms with Gasteiger partial charge >= 0.3 is 5.97 Å². The number of carboxylic acids is 1. The van der Waals surface area contributed by atoms with Gasteiger partial charge in [0.2, 0.25) is 0 Å². The van der Waals surface area contributed by atoms with Gasteiger partial charge in [0.05, 0.1) is 0 Å². The van der Waals surface area contributed by atoms with E-state index in [-0.39, 0.29) is 6.54 Å². The monoisotopic (exact) mass is 265 g/mol. The Bertz CT molecular complexity index is 440. The van der Waals surface area contributed by atoms with E-state index in [4.69, 9.17) is 5.11 Å². The van der Waals surface area contributed by atoms with Crippen LogP contribution in [0.25, 0.3) is 0 Å². The smallest absolute Gasteiger partial charge is 0.322 e. The summed E-state index contributed by atoms with van der Waals surface area (Å²) < 4.78 is 0. The summed E-state index contributed by atoms with van der Waals surface area (Å²) in [5, 5.41) is 14.6. The number of rotatable bonds is 6. The van der Waals surface area contributed by atoms with Crippen LogP contribution < -0.4 is 10.6 Å². The van der Waals surface area contributed by atoms with Crippen LogP contribution in [-0.2, 0) is 4.79 Å². The zero-order valence-electron chi connectivity index (χ0n) is 11.0. The lowest BCUT2D eigenvalue weighted by atomic mass is 10.1. The third kappa shape index (κ3) is 4.36. The first-order valence-corrected chi connectivity index (χ1v) is 6.33. The van der Waals surface area contributed by atoms with E-state index in [2.05, 4.69) is 32.5 Å². The molecule has 0 spiro atoms. The number of aliphatic carboxylic acids is 1. The van der Waals surface area contributed by atoms with Gasteiger partial charge < -0.3 is 20.6 Å². The molecule has 19 heavy (non-hydrogen) atoms. The summed E-state index contributed by atoms with van der Waals surface area (Å²) in [5.74, 6) is 0.957. The Morgan fingerprint density at radius 3 is 2.84 bits per heavy atom. The van der Waals surface area contributed by atoms with Crippen LogP contribution in [0.5, 0.6) is 0 Å². The van der Waals surface area contributed by atoms with Crippen molar-refractivity contribution >= 4 is 17.6 Å². The quantitative estimate of drug-likeness (QED) is 0.683. The fourth-order valence-corrected chi connectivity index (χ4v) is 2.16. The second-order valence-electron chi connectivity index (χ2n) is 4.83. The van der Waals surface area contributed by atoms with Crippen molar-refractivity contribution in [1.29, 1.82) is 0 Å². The molecule has 0 saturated carbocycles. The highest BCUT2D eigenvalue weighted by molar-refractivity contribution is 5.72. The number of carbonyl (C=O) groups is 1. The Morgan fingerprint density at radius 1 is 1.47 bits per heavy atom. The average molecular weight is 265 g/mol. The zero-order valence-corrected chi connectivity index (χ0v) is 11.0. The zero-order chi connectivity index (χ0) is 13.7. The van der Waals surface area contributed by atoms with Crippen LogP contribution in [0.4, 0.5) is 11.6 Å². The molecule has 0 radical (unpaired) electrons. The molecule has 2 heterocycles. The molecule has 1 aliphatic heterocycles. The topological polar surface area (TPSA) is 90.4 Å². The Balaban J connectivity index is 1.83. The van der Waals surface area contributed by atoms with Crippen molar-refractivity contribution < 1.29 is 9.90 Å². The molecule has 7 nitrogen and oxygen atoms in total. The molecule has 1 atom stereocenters. The fourth-order valence-electron chi connectivity index (χ4n) is 2.16. The van der Waals surface area contributed by atoms with Crippen molar-refractivity contribution in [3.63, 3.8) is 0 Å². The lowest BCUT2D eigenvalue weighted by Gasteiger charge is -2.12. The lowest BCUT2D eigenvalue weighted by molar-refractivity contribution is -0.134. The minimum absolute atomic E-state index is 0.149. The van der Waals surface area contributed by atoms with Gasteiger partial charge in [-0.05, 0) is 25.9 Å². The van der Waals surface area contributed by atoms with Crippen molar-refractivity contribution in [2.24, 2.45) is 5.92 Å². The van der Waals surface area contributed by atoms with Crippen molar-refractivity contribution in [1.82, 2.24) is 14.9 Å². The summed E-state index contributed by atoms with van der Waals surface area (Å²) in [5.41, 5.74) is 0. The van der Waals surface area contributed by atoms with Crippen LogP contribution in [-0.4, -0.2) is 59.2 Å². The van der Waals surface area contributed by atoms with Crippen LogP contribution >= 0.6 is 0 Å². The van der Waals surface area contributed by atoms with Crippen LogP contribution in [0, 0.1) is 5.92 Å². The molecule has 1 aromatic heterocycles. The van der Waals surface area contributed by atoms with Crippen LogP contribution in [0.1, 0.15) is 6.42 Å². The average Bonchev–Trinajstić information content (AvgIpc) is 2.80. The number of aromatic nitrogens is 2. The minimum atomic E-state index is -0.915. The molecule has 0 bridgehead atoms. The second-order valence-corrected chi connectivity index (χ2v) is 4.83. The second kappa shape index (κ2) is 6.33. The van der Waals surface area contributed by atoms with E-state index in [0.29, 0.717) is 11.7 Å². The van der Waals surface area contributed by atoms with Gasteiger partial charge in [0.25, 0.3) is 0 Å². The molecule has 1 aliphatic rings. The Kier molecular flexibility index (Phi) is 4.51. The van der Waals surface area contributed by atoms with E-state index >= 15 is 0 Å². The third-order valence-electron chi connectivity index (χ3n) is 3.15. The molecule has 7 heteroatoms. The summed E-state index contributed by atoms with van der Waals surface area (Å²) in [7, 11) is 2.12. The number of hydrogen-bond donors (Lipinski definition) is 3. The third-order valence-corrected chi connectivity index (χ3v) is 3.15. The van der Waals surface area contributed by atoms with Gasteiger partial charge in [-0.25, -0.2) is 9.97 Å². The number of anilines is 2. The summed E-state index contributed by atoms with van der Waals surface area (Å²) in [6.45, 7) is 2.97. The molecule has 0 aliphatic carbocycles. The van der Waals surface area contributed by atoms with Crippen molar-refractivity contribution in [3.8, 4) is 0 Å². The number of carboxylic acid groups (broad SMARTS) is 1. The number of nitrogens with zero attached hydrogens (tertiary/aromatic N) is 3. The predicted molar refractivity (Wildman–Crippen MR) is 72.3 cm³/mol. The molecule has 104 valence electrons. The van der Waals surface area contributed by atoms with Gasteiger partial charge in [-0.1, -0.05) is 0 Å². The van der Waals surface area contributed by atoms with E-state index in [1.54, 1.807) is 6.07 Å². The first-order valence-electron chi connectivity index (χ1n) is 6.33. The van der Waals surface area contributed by atoms with Crippen LogP contribution in [0.2, 0.25) is 0 Å². The Labute approximate surface area is 112 Å². The molecule has 0 amide bonds. The van der Waals surface area contributed by atoms with Gasteiger partial charge in [-0.15, -0.1) is 0 Å². The van der Waals surface area contributed by atoms with Crippen molar-refractivity contribution in [2.75, 3.05) is 43.9 Å². The van der Waals surface area contributed by atoms with Gasteiger partial charge in [0.1, 0.15) is 24.5 Å². The van der Waals surface area contributed by atoms with Gasteiger partial charge in [-0.2, -0.15) is 0 Å². The fraction of sp³-hybridized carbons (Fsp3) is 0.583. The van der Waals surface area contributed by atoms with E-state index in [0.717, 1.165) is 25.5 Å². The lowest BCUT2D eigenvalue weighted by Crippen LogP contribution is -2.19. The largest absolute Gasteiger partial charge is 0.480 e. The molecule has 3 N–H and O–H groups in total. The molecule has 1 aromatic rings. The summed E-state index contributed by atoms with van der Waals surface area (Å²) >= 11 is 0. The predicted octanol–water partition coefficient (Wildman–Crippen LogP) is 0.337. The summed E-state index contributed by atoms with van der Waals surface area (Å²) in [6.07, 6.45) is 2.62. The summed E-state index contributed by atoms with van der Waals surface area (Å²) in [4.78, 5) is 20.9. The molecule has 1 unspecified atom stereocenters. The maximum atomic E-state index is 10.5. The SMILES string of the molecule is CN1CCC(CNc2cc(NCC(=O)O)ncn2)C1.